The van der Waals surface area contributed by atoms with Crippen LogP contribution in [0.5, 0.6) is 11.5 Å². The average molecular weight is 325 g/mol. The van der Waals surface area contributed by atoms with Crippen LogP contribution >= 0.6 is 0 Å². The predicted octanol–water partition coefficient (Wildman–Crippen LogP) is 0.862. The average Bonchev–Trinajstić information content (AvgIpc) is 2.53. The number of rotatable bonds is 2. The Morgan fingerprint density at radius 1 is 1.18 bits per heavy atom. The second-order valence-corrected chi connectivity index (χ2v) is 8.04. The van der Waals surface area contributed by atoms with Crippen molar-refractivity contribution in [1.82, 2.24) is 4.90 Å². The van der Waals surface area contributed by atoms with Crippen molar-refractivity contribution < 1.29 is 22.7 Å². The Bertz CT molecular complexity index is 664. The Morgan fingerprint density at radius 2 is 1.82 bits per heavy atom. The standard InChI is InChI=1S/C15H19NO5S/c1-22(18,19)11-6-8-16(9-7-11)15(17)14-10-20-12-4-2-3-5-13(12)21-14/h2-5,11,14H,6-10H2,1H3. The summed E-state index contributed by atoms with van der Waals surface area (Å²) in [5.41, 5.74) is 0. The highest BCUT2D eigenvalue weighted by molar-refractivity contribution is 7.91. The third-order valence-electron chi connectivity index (χ3n) is 4.14. The summed E-state index contributed by atoms with van der Waals surface area (Å²) in [7, 11) is -3.03. The second-order valence-electron chi connectivity index (χ2n) is 5.72. The number of sulfone groups is 1. The van der Waals surface area contributed by atoms with Gasteiger partial charge in [-0.2, -0.15) is 0 Å². The van der Waals surface area contributed by atoms with Crippen molar-refractivity contribution in [1.29, 1.82) is 0 Å². The number of ether oxygens (including phenoxy) is 2. The third-order valence-corrected chi connectivity index (χ3v) is 5.83. The summed E-state index contributed by atoms with van der Waals surface area (Å²) >= 11 is 0. The molecule has 2 heterocycles. The van der Waals surface area contributed by atoms with Gasteiger partial charge < -0.3 is 14.4 Å². The monoisotopic (exact) mass is 325 g/mol. The first-order chi connectivity index (χ1) is 10.4. The second kappa shape index (κ2) is 5.79. The van der Waals surface area contributed by atoms with Gasteiger partial charge in [0.25, 0.3) is 5.91 Å². The van der Waals surface area contributed by atoms with Crippen molar-refractivity contribution in [3.05, 3.63) is 24.3 Å². The van der Waals surface area contributed by atoms with Gasteiger partial charge in [-0.1, -0.05) is 12.1 Å². The zero-order valence-corrected chi connectivity index (χ0v) is 13.2. The molecule has 6 nitrogen and oxygen atoms in total. The number of amides is 1. The van der Waals surface area contributed by atoms with E-state index in [0.29, 0.717) is 37.4 Å². The molecule has 1 fully saturated rings. The van der Waals surface area contributed by atoms with Crippen LogP contribution in [0.4, 0.5) is 0 Å². The predicted molar refractivity (Wildman–Crippen MR) is 80.8 cm³/mol. The third kappa shape index (κ3) is 3.04. The van der Waals surface area contributed by atoms with Gasteiger partial charge in [0.2, 0.25) is 6.10 Å². The summed E-state index contributed by atoms with van der Waals surface area (Å²) in [6.45, 7) is 1.07. The van der Waals surface area contributed by atoms with E-state index in [1.54, 1.807) is 17.0 Å². The minimum absolute atomic E-state index is 0.138. The number of carbonyl (C=O) groups is 1. The van der Waals surface area contributed by atoms with Gasteiger partial charge in [0.05, 0.1) is 5.25 Å². The van der Waals surface area contributed by atoms with Crippen LogP contribution in [-0.2, 0) is 14.6 Å². The Hall–Kier alpha value is -1.76. The van der Waals surface area contributed by atoms with Crippen molar-refractivity contribution in [2.24, 2.45) is 0 Å². The lowest BCUT2D eigenvalue weighted by Gasteiger charge is -2.34. The number of piperidine rings is 1. The molecule has 0 aliphatic carbocycles. The molecule has 0 saturated carbocycles. The van der Waals surface area contributed by atoms with E-state index in [9.17, 15) is 13.2 Å². The maximum Gasteiger partial charge on any atom is 0.267 e. The molecule has 7 heteroatoms. The van der Waals surface area contributed by atoms with E-state index < -0.39 is 15.9 Å². The van der Waals surface area contributed by atoms with E-state index in [0.717, 1.165) is 0 Å². The van der Waals surface area contributed by atoms with Gasteiger partial charge in [-0.3, -0.25) is 4.79 Å². The molecule has 3 rings (SSSR count). The SMILES string of the molecule is CS(=O)(=O)C1CCN(C(=O)C2COc3ccccc3O2)CC1. The summed E-state index contributed by atoms with van der Waals surface area (Å²) in [6, 6.07) is 7.24. The van der Waals surface area contributed by atoms with Crippen LogP contribution in [0.2, 0.25) is 0 Å². The van der Waals surface area contributed by atoms with E-state index >= 15 is 0 Å². The topological polar surface area (TPSA) is 72.9 Å². The van der Waals surface area contributed by atoms with Crippen LogP contribution < -0.4 is 9.47 Å². The number of benzene rings is 1. The van der Waals surface area contributed by atoms with Crippen molar-refractivity contribution in [3.63, 3.8) is 0 Å². The molecule has 1 amide bonds. The Kier molecular flexibility index (Phi) is 3.99. The molecule has 1 aromatic rings. The number of hydrogen-bond donors (Lipinski definition) is 0. The highest BCUT2D eigenvalue weighted by Crippen LogP contribution is 2.31. The summed E-state index contributed by atoms with van der Waals surface area (Å²) in [6.07, 6.45) is 1.55. The van der Waals surface area contributed by atoms with Crippen molar-refractivity contribution >= 4 is 15.7 Å². The van der Waals surface area contributed by atoms with Gasteiger partial charge in [0.1, 0.15) is 16.4 Å². The molecule has 120 valence electrons. The number of fused-ring (bicyclic) bond motifs is 1. The maximum absolute atomic E-state index is 12.5. The molecule has 0 N–H and O–H groups in total. The molecular weight excluding hydrogens is 306 g/mol. The fourth-order valence-corrected chi connectivity index (χ4v) is 3.92. The van der Waals surface area contributed by atoms with E-state index in [1.165, 1.54) is 6.26 Å². The minimum atomic E-state index is -3.03. The summed E-state index contributed by atoms with van der Waals surface area (Å²) in [5, 5.41) is -0.346. The molecule has 0 spiro atoms. The van der Waals surface area contributed by atoms with Gasteiger partial charge in [0.15, 0.2) is 11.5 Å². The zero-order valence-electron chi connectivity index (χ0n) is 12.4. The molecular formula is C15H19NO5S. The first-order valence-electron chi connectivity index (χ1n) is 7.31. The lowest BCUT2D eigenvalue weighted by Crippen LogP contribution is -2.50. The zero-order chi connectivity index (χ0) is 15.7. The summed E-state index contributed by atoms with van der Waals surface area (Å²) < 4.78 is 34.4. The van der Waals surface area contributed by atoms with E-state index in [-0.39, 0.29) is 17.8 Å². The fourth-order valence-electron chi connectivity index (χ4n) is 2.85. The maximum atomic E-state index is 12.5. The van der Waals surface area contributed by atoms with Crippen LogP contribution in [0.15, 0.2) is 24.3 Å². The quantitative estimate of drug-likeness (QED) is 0.806. The van der Waals surface area contributed by atoms with Gasteiger partial charge in [-0.15, -0.1) is 0 Å². The molecule has 2 aliphatic rings. The summed E-state index contributed by atoms with van der Waals surface area (Å²) in [5.74, 6) is 1.07. The van der Waals surface area contributed by atoms with Gasteiger partial charge >= 0.3 is 0 Å². The largest absolute Gasteiger partial charge is 0.485 e. The normalized spacial score (nSPS) is 22.4. The summed E-state index contributed by atoms with van der Waals surface area (Å²) in [4.78, 5) is 14.2. The van der Waals surface area contributed by atoms with Crippen molar-refractivity contribution in [2.75, 3.05) is 26.0 Å². The highest BCUT2D eigenvalue weighted by atomic mass is 32.2. The molecule has 1 atom stereocenters. The van der Waals surface area contributed by atoms with E-state index in [2.05, 4.69) is 0 Å². The molecule has 2 aliphatic heterocycles. The number of likely N-dealkylation sites (tertiary alicyclic amines) is 1. The lowest BCUT2D eigenvalue weighted by atomic mass is 10.1. The van der Waals surface area contributed by atoms with Crippen LogP contribution in [0, 0.1) is 0 Å². The van der Waals surface area contributed by atoms with Crippen LogP contribution in [0.3, 0.4) is 0 Å². The smallest absolute Gasteiger partial charge is 0.267 e. The number of nitrogens with zero attached hydrogens (tertiary/aromatic N) is 1. The molecule has 0 bridgehead atoms. The van der Waals surface area contributed by atoms with Crippen molar-refractivity contribution in [2.45, 2.75) is 24.2 Å². The molecule has 1 unspecified atom stereocenters. The lowest BCUT2D eigenvalue weighted by molar-refractivity contribution is -0.142. The first-order valence-corrected chi connectivity index (χ1v) is 9.27. The Balaban J connectivity index is 1.62. The molecule has 0 radical (unpaired) electrons. The van der Waals surface area contributed by atoms with E-state index in [1.807, 2.05) is 12.1 Å². The van der Waals surface area contributed by atoms with Gasteiger partial charge in [-0.05, 0) is 25.0 Å². The molecule has 1 aromatic carbocycles. The van der Waals surface area contributed by atoms with Gasteiger partial charge in [-0.25, -0.2) is 8.42 Å². The Labute approximate surface area is 129 Å². The van der Waals surface area contributed by atoms with E-state index in [4.69, 9.17) is 9.47 Å². The van der Waals surface area contributed by atoms with Crippen LogP contribution in [-0.4, -0.2) is 56.5 Å². The van der Waals surface area contributed by atoms with Crippen LogP contribution in [0.1, 0.15) is 12.8 Å². The first kappa shape index (κ1) is 15.1. The fraction of sp³-hybridized carbons (Fsp3) is 0.533. The molecule has 1 saturated heterocycles. The minimum Gasteiger partial charge on any atom is -0.485 e. The van der Waals surface area contributed by atoms with Gasteiger partial charge in [0, 0.05) is 19.3 Å². The van der Waals surface area contributed by atoms with Crippen LogP contribution in [0.25, 0.3) is 0 Å². The Morgan fingerprint density at radius 3 is 2.45 bits per heavy atom. The highest BCUT2D eigenvalue weighted by Gasteiger charge is 2.34. The molecule has 22 heavy (non-hydrogen) atoms. The number of carbonyl (C=O) groups excluding carboxylic acids is 1. The number of para-hydroxylation sites is 2. The van der Waals surface area contributed by atoms with Crippen molar-refractivity contribution in [3.8, 4) is 11.5 Å². The molecule has 0 aromatic heterocycles. The number of hydrogen-bond acceptors (Lipinski definition) is 5.